The summed E-state index contributed by atoms with van der Waals surface area (Å²) in [7, 11) is 0. The lowest BCUT2D eigenvalue weighted by Crippen LogP contribution is -2.29. The van der Waals surface area contributed by atoms with Crippen molar-refractivity contribution in [1.82, 2.24) is 25.1 Å². The molecule has 0 aliphatic carbocycles. The largest absolute Gasteiger partial charge is 0.371 e. The zero-order valence-electron chi connectivity index (χ0n) is 21.5. The van der Waals surface area contributed by atoms with Gasteiger partial charge < -0.3 is 15.2 Å². The molecule has 37 heavy (non-hydrogen) atoms. The number of nitrogens with zero attached hydrogens (tertiary/aromatic N) is 4. The number of benzene rings is 1. The number of allylic oxidation sites excluding steroid dienone is 1. The third-order valence-corrected chi connectivity index (χ3v) is 7.55. The van der Waals surface area contributed by atoms with Gasteiger partial charge in [-0.1, -0.05) is 26.5 Å². The molecule has 7 nitrogen and oxygen atoms in total. The summed E-state index contributed by atoms with van der Waals surface area (Å²) in [5.74, 6) is 0.387. The molecule has 188 valence electrons. The van der Waals surface area contributed by atoms with Gasteiger partial charge >= 0.3 is 0 Å². The van der Waals surface area contributed by atoms with E-state index in [2.05, 4.69) is 81.1 Å². The van der Waals surface area contributed by atoms with Crippen molar-refractivity contribution in [3.05, 3.63) is 67.1 Å². The van der Waals surface area contributed by atoms with Crippen LogP contribution in [0, 0.1) is 5.92 Å². The van der Waals surface area contributed by atoms with Gasteiger partial charge in [-0.25, -0.2) is 4.98 Å². The highest BCUT2D eigenvalue weighted by Gasteiger charge is 2.18. The third kappa shape index (κ3) is 4.46. The van der Waals surface area contributed by atoms with Crippen molar-refractivity contribution in [3.63, 3.8) is 0 Å². The summed E-state index contributed by atoms with van der Waals surface area (Å²) in [4.78, 5) is 15.6. The van der Waals surface area contributed by atoms with Gasteiger partial charge in [-0.3, -0.25) is 10.1 Å². The number of rotatable bonds is 7. The fourth-order valence-electron chi connectivity index (χ4n) is 5.13. The summed E-state index contributed by atoms with van der Waals surface area (Å²) >= 11 is 0. The van der Waals surface area contributed by atoms with Crippen LogP contribution in [0.15, 0.2) is 67.1 Å². The van der Waals surface area contributed by atoms with E-state index in [1.165, 1.54) is 30.3 Å². The predicted molar refractivity (Wildman–Crippen MR) is 153 cm³/mol. The molecule has 6 rings (SSSR count). The maximum Gasteiger partial charge on any atom is 0.135 e. The quantitative estimate of drug-likeness (QED) is 0.225. The summed E-state index contributed by atoms with van der Waals surface area (Å²) < 4.78 is 0. The van der Waals surface area contributed by atoms with Crippen molar-refractivity contribution in [2.75, 3.05) is 23.3 Å². The molecular formula is C30H33N7. The minimum absolute atomic E-state index is 0.387. The number of pyridine rings is 2. The topological polar surface area (TPSA) is 85.5 Å². The second-order valence-corrected chi connectivity index (χ2v) is 10.1. The van der Waals surface area contributed by atoms with E-state index in [4.69, 9.17) is 4.98 Å². The number of fused-ring (bicyclic) bond motifs is 2. The van der Waals surface area contributed by atoms with Crippen LogP contribution in [0.5, 0.6) is 0 Å². The van der Waals surface area contributed by atoms with Crippen LogP contribution >= 0.6 is 0 Å². The number of piperidine rings is 1. The molecule has 1 saturated heterocycles. The highest BCUT2D eigenvalue weighted by Crippen LogP contribution is 2.34. The molecule has 0 spiro atoms. The summed E-state index contributed by atoms with van der Waals surface area (Å²) in [5.41, 5.74) is 9.65. The van der Waals surface area contributed by atoms with Crippen molar-refractivity contribution < 1.29 is 0 Å². The van der Waals surface area contributed by atoms with Crippen LogP contribution in [0.3, 0.4) is 0 Å². The van der Waals surface area contributed by atoms with Gasteiger partial charge in [0.1, 0.15) is 11.2 Å². The molecular weight excluding hydrogens is 458 g/mol. The third-order valence-electron chi connectivity index (χ3n) is 7.55. The van der Waals surface area contributed by atoms with Gasteiger partial charge in [-0.15, -0.1) is 0 Å². The first-order chi connectivity index (χ1) is 18.1. The lowest BCUT2D eigenvalue weighted by molar-refractivity contribution is 0.579. The van der Waals surface area contributed by atoms with Gasteiger partial charge in [0.05, 0.1) is 28.8 Å². The molecule has 4 aromatic heterocycles. The van der Waals surface area contributed by atoms with Crippen LogP contribution in [-0.2, 0) is 0 Å². The van der Waals surface area contributed by atoms with Crippen molar-refractivity contribution in [2.24, 2.45) is 5.92 Å². The van der Waals surface area contributed by atoms with E-state index in [1.54, 1.807) is 0 Å². The Morgan fingerprint density at radius 2 is 1.95 bits per heavy atom. The Balaban J connectivity index is 1.36. The monoisotopic (exact) mass is 491 g/mol. The predicted octanol–water partition coefficient (Wildman–Crippen LogP) is 7.13. The van der Waals surface area contributed by atoms with Crippen LogP contribution in [0.2, 0.25) is 0 Å². The maximum absolute atomic E-state index is 5.02. The van der Waals surface area contributed by atoms with Crippen molar-refractivity contribution in [1.29, 1.82) is 0 Å². The number of hydrogen-bond acceptors (Lipinski definition) is 5. The van der Waals surface area contributed by atoms with Gasteiger partial charge in [-0.2, -0.15) is 5.10 Å². The molecule has 0 radical (unpaired) electrons. The van der Waals surface area contributed by atoms with Crippen LogP contribution in [-0.4, -0.2) is 38.2 Å². The number of anilines is 2. The summed E-state index contributed by atoms with van der Waals surface area (Å²) in [6.45, 7) is 10.7. The van der Waals surface area contributed by atoms with Crippen molar-refractivity contribution >= 4 is 33.3 Å². The molecule has 1 atom stereocenters. The Labute approximate surface area is 217 Å². The fraction of sp³-hybridized carbons (Fsp3) is 0.300. The Kier molecular flexibility index (Phi) is 6.12. The number of H-pyrrole nitrogens is 2. The molecule has 1 aliphatic rings. The van der Waals surface area contributed by atoms with E-state index in [-0.39, 0.29) is 0 Å². The molecule has 5 aromatic rings. The van der Waals surface area contributed by atoms with E-state index in [1.807, 2.05) is 24.5 Å². The normalized spacial score (nSPS) is 14.8. The summed E-state index contributed by atoms with van der Waals surface area (Å²) in [6.07, 6.45) is 8.53. The molecule has 7 heteroatoms. The summed E-state index contributed by atoms with van der Waals surface area (Å²) in [6, 6.07) is 14.8. The highest BCUT2D eigenvalue weighted by atomic mass is 15.1. The van der Waals surface area contributed by atoms with E-state index in [0.717, 1.165) is 70.1 Å². The highest BCUT2D eigenvalue weighted by molar-refractivity contribution is 5.99. The molecule has 0 saturated carbocycles. The van der Waals surface area contributed by atoms with E-state index in [0.29, 0.717) is 5.92 Å². The molecule has 1 unspecified atom stereocenters. The van der Waals surface area contributed by atoms with Gasteiger partial charge in [0.25, 0.3) is 0 Å². The van der Waals surface area contributed by atoms with E-state index < -0.39 is 0 Å². The number of hydrogen-bond donors (Lipinski definition) is 3. The summed E-state index contributed by atoms with van der Waals surface area (Å²) in [5, 5.41) is 12.5. The smallest absolute Gasteiger partial charge is 0.135 e. The molecule has 1 aromatic carbocycles. The first-order valence-electron chi connectivity index (χ1n) is 13.2. The Morgan fingerprint density at radius 1 is 1.08 bits per heavy atom. The first kappa shape index (κ1) is 23.3. The van der Waals surface area contributed by atoms with E-state index >= 15 is 0 Å². The minimum atomic E-state index is 0.387. The molecule has 0 bridgehead atoms. The average molecular weight is 492 g/mol. The van der Waals surface area contributed by atoms with Crippen LogP contribution in [0.1, 0.15) is 39.5 Å². The minimum Gasteiger partial charge on any atom is -0.371 e. The molecule has 1 fully saturated rings. The first-order valence-corrected chi connectivity index (χ1v) is 13.2. The molecule has 5 heterocycles. The zero-order valence-corrected chi connectivity index (χ0v) is 21.5. The zero-order chi connectivity index (χ0) is 25.4. The second kappa shape index (κ2) is 9.73. The molecule has 1 aliphatic heterocycles. The van der Waals surface area contributed by atoms with Gasteiger partial charge in [-0.05, 0) is 68.0 Å². The molecule has 3 N–H and O–H groups in total. The molecule has 0 amide bonds. The second-order valence-electron chi connectivity index (χ2n) is 10.1. The van der Waals surface area contributed by atoms with Crippen molar-refractivity contribution in [3.8, 4) is 22.6 Å². The standard InChI is InChI=1S/C30H33N7/c1-4-19(2)20(3)32-22-15-21(17-31-18-22)24-11-12-26-29(34-24)30(36-35-26)27-16-23-25(33-27)9-8-10-28(23)37-13-6-5-7-14-37/h8-12,15-19,32-33H,3-7,13-14H2,1-2H3,(H,35,36). The SMILES string of the molecule is C=C(Nc1cncc(-c2ccc3[nH]nc(-c4cc5c(N6CCCCC6)cccc5[nH]4)c3n2)c1)C(C)CC. The van der Waals surface area contributed by atoms with Gasteiger partial charge in [0, 0.05) is 47.1 Å². The van der Waals surface area contributed by atoms with Crippen molar-refractivity contribution in [2.45, 2.75) is 39.5 Å². The van der Waals surface area contributed by atoms with Crippen LogP contribution in [0.25, 0.3) is 44.6 Å². The van der Waals surface area contributed by atoms with Gasteiger partial charge in [0.15, 0.2) is 0 Å². The van der Waals surface area contributed by atoms with Crippen LogP contribution < -0.4 is 10.2 Å². The maximum atomic E-state index is 5.02. The van der Waals surface area contributed by atoms with E-state index in [9.17, 15) is 0 Å². The average Bonchev–Trinajstić information content (AvgIpc) is 3.56. The Hall–Kier alpha value is -4.13. The lowest BCUT2D eigenvalue weighted by atomic mass is 10.1. The number of nitrogens with one attached hydrogen (secondary N) is 3. The Morgan fingerprint density at radius 3 is 2.78 bits per heavy atom. The van der Waals surface area contributed by atoms with Gasteiger partial charge in [0.2, 0.25) is 0 Å². The Bertz CT molecular complexity index is 1570. The van der Waals surface area contributed by atoms with Crippen LogP contribution in [0.4, 0.5) is 11.4 Å². The number of aromatic nitrogens is 5. The lowest BCUT2D eigenvalue weighted by Gasteiger charge is -2.29. The number of aromatic amines is 2. The fourth-order valence-corrected chi connectivity index (χ4v) is 5.13.